The Morgan fingerprint density at radius 2 is 1.88 bits per heavy atom. The van der Waals surface area contributed by atoms with Crippen LogP contribution in [-0.2, 0) is 14.4 Å². The molecule has 2 atom stereocenters. The Kier molecular flexibility index (Phi) is 6.17. The average Bonchev–Trinajstić information content (AvgIpc) is 2.58. The van der Waals surface area contributed by atoms with Crippen LogP contribution in [0.1, 0.15) is 31.2 Å². The van der Waals surface area contributed by atoms with E-state index in [0.717, 1.165) is 18.4 Å². The zero-order valence-electron chi connectivity index (χ0n) is 13.6. The summed E-state index contributed by atoms with van der Waals surface area (Å²) < 4.78 is 5.33. The van der Waals surface area contributed by atoms with Crippen molar-refractivity contribution in [2.45, 2.75) is 32.6 Å². The van der Waals surface area contributed by atoms with Crippen LogP contribution in [0.3, 0.4) is 0 Å². The molecule has 0 unspecified atom stereocenters. The second kappa shape index (κ2) is 8.33. The summed E-state index contributed by atoms with van der Waals surface area (Å²) in [5.41, 5.74) is 5.58. The number of carboxylic acids is 1. The molecule has 2 amide bonds. The molecule has 1 aromatic carbocycles. The topological polar surface area (TPSA) is 105 Å². The molecule has 2 rings (SSSR count). The van der Waals surface area contributed by atoms with Gasteiger partial charge in [0, 0.05) is 0 Å². The molecule has 1 aliphatic carbocycles. The Labute approximate surface area is 140 Å². The fourth-order valence-electron chi connectivity index (χ4n) is 2.85. The predicted octanol–water partition coefficient (Wildman–Crippen LogP) is 1.41. The van der Waals surface area contributed by atoms with Crippen molar-refractivity contribution in [2.75, 3.05) is 6.61 Å². The lowest BCUT2D eigenvalue weighted by atomic mass is 9.79. The van der Waals surface area contributed by atoms with E-state index in [0.29, 0.717) is 18.6 Å². The highest BCUT2D eigenvalue weighted by Crippen LogP contribution is 2.30. The van der Waals surface area contributed by atoms with E-state index in [-0.39, 0.29) is 6.61 Å². The molecule has 0 bridgehead atoms. The molecule has 0 heterocycles. The van der Waals surface area contributed by atoms with Gasteiger partial charge < -0.3 is 9.84 Å². The van der Waals surface area contributed by atoms with Gasteiger partial charge in [0.25, 0.3) is 5.91 Å². The van der Waals surface area contributed by atoms with E-state index in [1.807, 2.05) is 19.1 Å². The number of aryl methyl sites for hydroxylation is 1. The molecule has 1 aromatic rings. The highest BCUT2D eigenvalue weighted by Gasteiger charge is 2.35. The molecule has 0 aliphatic heterocycles. The minimum Gasteiger partial charge on any atom is -0.484 e. The Balaban J connectivity index is 1.78. The highest BCUT2D eigenvalue weighted by molar-refractivity contribution is 5.87. The number of ether oxygens (including phenoxy) is 1. The van der Waals surface area contributed by atoms with Gasteiger partial charge in [0.05, 0.1) is 11.8 Å². The number of rotatable bonds is 5. The van der Waals surface area contributed by atoms with E-state index in [2.05, 4.69) is 10.9 Å². The van der Waals surface area contributed by atoms with Gasteiger partial charge in [0.1, 0.15) is 5.75 Å². The lowest BCUT2D eigenvalue weighted by Crippen LogP contribution is -2.49. The zero-order valence-corrected chi connectivity index (χ0v) is 13.6. The molecule has 0 spiro atoms. The lowest BCUT2D eigenvalue weighted by Gasteiger charge is -2.27. The van der Waals surface area contributed by atoms with Crippen LogP contribution in [0.25, 0.3) is 0 Å². The van der Waals surface area contributed by atoms with Crippen LogP contribution in [-0.4, -0.2) is 29.5 Å². The van der Waals surface area contributed by atoms with Gasteiger partial charge in [-0.2, -0.15) is 0 Å². The number of carbonyl (C=O) groups excluding carboxylic acids is 2. The van der Waals surface area contributed by atoms with Crippen LogP contribution in [0.5, 0.6) is 5.75 Å². The second-order valence-electron chi connectivity index (χ2n) is 5.98. The molecule has 0 aromatic heterocycles. The number of hydrazine groups is 1. The van der Waals surface area contributed by atoms with Gasteiger partial charge in [-0.05, 0) is 37.5 Å². The molecule has 0 radical (unpaired) electrons. The van der Waals surface area contributed by atoms with Crippen LogP contribution in [0.15, 0.2) is 24.3 Å². The standard InChI is InChI=1S/C17H22N2O5/c1-11-5-4-6-12(9-11)24-10-15(20)18-19-16(21)13-7-2-3-8-14(13)17(22)23/h4-6,9,13-14H,2-3,7-8,10H2,1H3,(H,18,20)(H,19,21)(H,22,23)/t13-,14-/m0/s1. The van der Waals surface area contributed by atoms with Crippen molar-refractivity contribution in [3.63, 3.8) is 0 Å². The monoisotopic (exact) mass is 334 g/mol. The largest absolute Gasteiger partial charge is 0.484 e. The quantitative estimate of drug-likeness (QED) is 0.706. The van der Waals surface area contributed by atoms with Crippen LogP contribution in [0.2, 0.25) is 0 Å². The van der Waals surface area contributed by atoms with E-state index in [1.165, 1.54) is 0 Å². The van der Waals surface area contributed by atoms with Crippen LogP contribution in [0, 0.1) is 18.8 Å². The number of benzene rings is 1. The molecule has 7 nitrogen and oxygen atoms in total. The minimum absolute atomic E-state index is 0.239. The summed E-state index contributed by atoms with van der Waals surface area (Å²) in [4.78, 5) is 35.0. The molecule has 130 valence electrons. The first-order valence-corrected chi connectivity index (χ1v) is 7.98. The Morgan fingerprint density at radius 1 is 1.17 bits per heavy atom. The molecule has 7 heteroatoms. The zero-order chi connectivity index (χ0) is 17.5. The summed E-state index contributed by atoms with van der Waals surface area (Å²) in [6, 6.07) is 7.26. The van der Waals surface area contributed by atoms with E-state index in [9.17, 15) is 19.5 Å². The van der Waals surface area contributed by atoms with Crippen LogP contribution >= 0.6 is 0 Å². The van der Waals surface area contributed by atoms with Crippen LogP contribution < -0.4 is 15.6 Å². The first-order chi connectivity index (χ1) is 11.5. The highest BCUT2D eigenvalue weighted by atomic mass is 16.5. The molecular formula is C17H22N2O5. The third-order valence-corrected chi connectivity index (χ3v) is 4.10. The summed E-state index contributed by atoms with van der Waals surface area (Å²) >= 11 is 0. The van der Waals surface area contributed by atoms with Crippen molar-refractivity contribution in [3.05, 3.63) is 29.8 Å². The first kappa shape index (κ1) is 17.8. The van der Waals surface area contributed by atoms with Gasteiger partial charge in [0.15, 0.2) is 6.61 Å². The van der Waals surface area contributed by atoms with Crippen molar-refractivity contribution in [1.82, 2.24) is 10.9 Å². The SMILES string of the molecule is Cc1cccc(OCC(=O)NNC(=O)[C@H]2CCCC[C@@H]2C(=O)O)c1. The third kappa shape index (κ3) is 4.97. The molecule has 1 fully saturated rings. The van der Waals surface area contributed by atoms with Gasteiger partial charge in [-0.3, -0.25) is 25.2 Å². The number of hydrogen-bond donors (Lipinski definition) is 3. The normalized spacial score (nSPS) is 20.0. The molecule has 0 saturated heterocycles. The number of hydrogen-bond acceptors (Lipinski definition) is 4. The van der Waals surface area contributed by atoms with Crippen LogP contribution in [0.4, 0.5) is 0 Å². The predicted molar refractivity (Wildman–Crippen MR) is 86.0 cm³/mol. The molecule has 3 N–H and O–H groups in total. The Hall–Kier alpha value is -2.57. The maximum atomic E-state index is 12.1. The number of carboxylic acid groups (broad SMARTS) is 1. The smallest absolute Gasteiger partial charge is 0.307 e. The fourth-order valence-corrected chi connectivity index (χ4v) is 2.85. The summed E-state index contributed by atoms with van der Waals surface area (Å²) in [5, 5.41) is 9.18. The van der Waals surface area contributed by atoms with Gasteiger partial charge in [-0.1, -0.05) is 25.0 Å². The van der Waals surface area contributed by atoms with E-state index in [4.69, 9.17) is 4.74 Å². The van der Waals surface area contributed by atoms with E-state index < -0.39 is 29.6 Å². The average molecular weight is 334 g/mol. The fraction of sp³-hybridized carbons (Fsp3) is 0.471. The van der Waals surface area contributed by atoms with Gasteiger partial charge >= 0.3 is 5.97 Å². The number of nitrogens with one attached hydrogen (secondary N) is 2. The minimum atomic E-state index is -0.969. The van der Waals surface area contributed by atoms with Crippen molar-refractivity contribution < 1.29 is 24.2 Å². The first-order valence-electron chi connectivity index (χ1n) is 7.98. The summed E-state index contributed by atoms with van der Waals surface area (Å²) in [6.45, 7) is 1.67. The van der Waals surface area contributed by atoms with Gasteiger partial charge in [-0.15, -0.1) is 0 Å². The van der Waals surface area contributed by atoms with E-state index in [1.54, 1.807) is 12.1 Å². The molecule has 1 saturated carbocycles. The Bertz CT molecular complexity index is 617. The summed E-state index contributed by atoms with van der Waals surface area (Å²) in [6.07, 6.45) is 2.61. The summed E-state index contributed by atoms with van der Waals surface area (Å²) in [5.74, 6) is -2.69. The lowest BCUT2D eigenvalue weighted by molar-refractivity contribution is -0.149. The van der Waals surface area contributed by atoms with Gasteiger partial charge in [0.2, 0.25) is 5.91 Å². The maximum Gasteiger partial charge on any atom is 0.307 e. The van der Waals surface area contributed by atoms with Crippen molar-refractivity contribution in [1.29, 1.82) is 0 Å². The second-order valence-corrected chi connectivity index (χ2v) is 5.98. The molecular weight excluding hydrogens is 312 g/mol. The Morgan fingerprint density at radius 3 is 2.54 bits per heavy atom. The molecule has 24 heavy (non-hydrogen) atoms. The third-order valence-electron chi connectivity index (χ3n) is 4.10. The molecule has 1 aliphatic rings. The maximum absolute atomic E-state index is 12.1. The van der Waals surface area contributed by atoms with Crippen molar-refractivity contribution in [2.24, 2.45) is 11.8 Å². The number of carbonyl (C=O) groups is 3. The van der Waals surface area contributed by atoms with Crippen molar-refractivity contribution in [3.8, 4) is 5.75 Å². The van der Waals surface area contributed by atoms with Crippen molar-refractivity contribution >= 4 is 17.8 Å². The number of aliphatic carboxylic acids is 1. The number of amides is 2. The summed E-state index contributed by atoms with van der Waals surface area (Å²) in [7, 11) is 0. The van der Waals surface area contributed by atoms with Gasteiger partial charge in [-0.25, -0.2) is 0 Å². The van der Waals surface area contributed by atoms with E-state index >= 15 is 0 Å².